The average molecular weight is 411 g/mol. The van der Waals surface area contributed by atoms with Gasteiger partial charge in [0.15, 0.2) is 11.5 Å². The molecule has 0 saturated carbocycles. The van der Waals surface area contributed by atoms with Gasteiger partial charge >= 0.3 is 5.69 Å². The van der Waals surface area contributed by atoms with Crippen molar-refractivity contribution in [1.29, 1.82) is 0 Å². The van der Waals surface area contributed by atoms with E-state index in [1.54, 1.807) is 50.6 Å². The van der Waals surface area contributed by atoms with E-state index in [0.717, 1.165) is 10.1 Å². The lowest BCUT2D eigenvalue weighted by molar-refractivity contribution is -0.122. The van der Waals surface area contributed by atoms with Crippen molar-refractivity contribution in [3.63, 3.8) is 0 Å². The van der Waals surface area contributed by atoms with Crippen molar-refractivity contribution in [2.24, 2.45) is 5.92 Å². The number of nitrogens with one attached hydrogen (secondary N) is 2. The van der Waals surface area contributed by atoms with Crippen LogP contribution in [0.1, 0.15) is 25.5 Å². The Bertz CT molecular complexity index is 1180. The second-order valence-corrected chi connectivity index (χ2v) is 7.27. The first-order valence-electron chi connectivity index (χ1n) is 9.58. The van der Waals surface area contributed by atoms with Gasteiger partial charge in [-0.1, -0.05) is 32.0 Å². The predicted molar refractivity (Wildman–Crippen MR) is 114 cm³/mol. The molecule has 8 heteroatoms. The minimum atomic E-state index is -0.624. The predicted octanol–water partition coefficient (Wildman–Crippen LogP) is 2.22. The first kappa shape index (κ1) is 21.2. The van der Waals surface area contributed by atoms with Crippen LogP contribution in [0, 0.1) is 5.92 Å². The number of fused-ring (bicyclic) bond motifs is 1. The summed E-state index contributed by atoms with van der Waals surface area (Å²) in [5, 5.41) is 3.28. The lowest BCUT2D eigenvalue weighted by atomic mass is 9.95. The van der Waals surface area contributed by atoms with Gasteiger partial charge in [0.1, 0.15) is 6.54 Å². The third-order valence-corrected chi connectivity index (χ3v) is 4.94. The Morgan fingerprint density at radius 2 is 1.77 bits per heavy atom. The molecule has 0 aliphatic heterocycles. The van der Waals surface area contributed by atoms with Gasteiger partial charge in [0.25, 0.3) is 5.56 Å². The quantitative estimate of drug-likeness (QED) is 0.621. The summed E-state index contributed by atoms with van der Waals surface area (Å²) in [6.07, 6.45) is 0. The molecule has 1 heterocycles. The van der Waals surface area contributed by atoms with Crippen LogP contribution in [0.4, 0.5) is 0 Å². The van der Waals surface area contributed by atoms with E-state index in [2.05, 4.69) is 10.3 Å². The molecule has 0 bridgehead atoms. The topological polar surface area (TPSA) is 102 Å². The van der Waals surface area contributed by atoms with Crippen molar-refractivity contribution in [3.05, 3.63) is 68.9 Å². The Kier molecular flexibility index (Phi) is 6.25. The van der Waals surface area contributed by atoms with Gasteiger partial charge in [-0.15, -0.1) is 0 Å². The molecule has 1 amide bonds. The smallest absolute Gasteiger partial charge is 0.329 e. The van der Waals surface area contributed by atoms with Crippen molar-refractivity contribution < 1.29 is 14.3 Å². The molecule has 0 unspecified atom stereocenters. The molecule has 2 aromatic carbocycles. The number of benzene rings is 2. The van der Waals surface area contributed by atoms with E-state index in [-0.39, 0.29) is 18.5 Å². The molecule has 1 atom stereocenters. The molecule has 158 valence electrons. The molecule has 30 heavy (non-hydrogen) atoms. The van der Waals surface area contributed by atoms with E-state index in [9.17, 15) is 14.4 Å². The molecule has 0 spiro atoms. The summed E-state index contributed by atoms with van der Waals surface area (Å²) in [7, 11) is 3.10. The third kappa shape index (κ3) is 4.22. The second-order valence-electron chi connectivity index (χ2n) is 7.27. The SMILES string of the molecule is COc1ccc([C@H](NC(=O)Cn2c(=O)[nH]c3ccccc3c2=O)C(C)C)cc1OC. The molecule has 0 saturated heterocycles. The number of amides is 1. The number of hydrogen-bond acceptors (Lipinski definition) is 5. The number of methoxy groups -OCH3 is 2. The molecule has 3 aromatic rings. The monoisotopic (exact) mass is 411 g/mol. The minimum Gasteiger partial charge on any atom is -0.493 e. The zero-order valence-electron chi connectivity index (χ0n) is 17.4. The van der Waals surface area contributed by atoms with Crippen LogP contribution in [0.25, 0.3) is 10.9 Å². The highest BCUT2D eigenvalue weighted by Gasteiger charge is 2.21. The summed E-state index contributed by atoms with van der Waals surface area (Å²) in [4.78, 5) is 40.4. The lowest BCUT2D eigenvalue weighted by Gasteiger charge is -2.24. The van der Waals surface area contributed by atoms with E-state index in [1.807, 2.05) is 19.9 Å². The van der Waals surface area contributed by atoms with Crippen LogP contribution in [0.5, 0.6) is 11.5 Å². The molecule has 0 aliphatic carbocycles. The summed E-state index contributed by atoms with van der Waals surface area (Å²) in [5.41, 5.74) is 0.142. The molecule has 8 nitrogen and oxygen atoms in total. The number of aromatic amines is 1. The van der Waals surface area contributed by atoms with E-state index >= 15 is 0 Å². The maximum absolute atomic E-state index is 12.7. The summed E-state index contributed by atoms with van der Waals surface area (Å²) in [5.74, 6) is 0.756. The highest BCUT2D eigenvalue weighted by molar-refractivity contribution is 5.79. The van der Waals surface area contributed by atoms with Crippen LogP contribution in [-0.4, -0.2) is 29.7 Å². The van der Waals surface area contributed by atoms with Crippen molar-refractivity contribution in [3.8, 4) is 11.5 Å². The fourth-order valence-electron chi connectivity index (χ4n) is 3.39. The number of nitrogens with zero attached hydrogens (tertiary/aromatic N) is 1. The molecular formula is C22H25N3O5. The molecule has 2 N–H and O–H groups in total. The number of carbonyl (C=O) groups is 1. The highest BCUT2D eigenvalue weighted by atomic mass is 16.5. The number of rotatable bonds is 7. The Balaban J connectivity index is 1.88. The second kappa shape index (κ2) is 8.86. The Hall–Kier alpha value is -3.55. The van der Waals surface area contributed by atoms with Crippen molar-refractivity contribution in [1.82, 2.24) is 14.9 Å². The summed E-state index contributed by atoms with van der Waals surface area (Å²) < 4.78 is 11.5. The van der Waals surface area contributed by atoms with Gasteiger partial charge in [0.2, 0.25) is 5.91 Å². The van der Waals surface area contributed by atoms with Crippen LogP contribution >= 0.6 is 0 Å². The van der Waals surface area contributed by atoms with Gasteiger partial charge in [0.05, 0.1) is 31.2 Å². The van der Waals surface area contributed by atoms with Gasteiger partial charge in [-0.3, -0.25) is 14.2 Å². The molecule has 0 aliphatic rings. The standard InChI is InChI=1S/C22H25N3O5/c1-13(2)20(14-9-10-17(29-3)18(11-14)30-4)24-19(26)12-25-21(27)15-7-5-6-8-16(15)23-22(25)28/h5-11,13,20H,12H2,1-4H3,(H,23,28)(H,24,26)/t20-/m1/s1. The zero-order valence-corrected chi connectivity index (χ0v) is 17.4. The van der Waals surface area contributed by atoms with Gasteiger partial charge in [-0.05, 0) is 35.7 Å². The maximum atomic E-state index is 12.7. The van der Waals surface area contributed by atoms with Crippen LogP contribution in [0.3, 0.4) is 0 Å². The maximum Gasteiger partial charge on any atom is 0.329 e. The minimum absolute atomic E-state index is 0.0543. The molecular weight excluding hydrogens is 386 g/mol. The zero-order chi connectivity index (χ0) is 21.8. The number of hydrogen-bond donors (Lipinski definition) is 2. The van der Waals surface area contributed by atoms with Crippen molar-refractivity contribution in [2.45, 2.75) is 26.4 Å². The van der Waals surface area contributed by atoms with Crippen LogP contribution in [-0.2, 0) is 11.3 Å². The fraction of sp³-hybridized carbons (Fsp3) is 0.318. The summed E-state index contributed by atoms with van der Waals surface area (Å²) in [6.45, 7) is 3.56. The van der Waals surface area contributed by atoms with Gasteiger partial charge < -0.3 is 19.8 Å². The van der Waals surface area contributed by atoms with E-state index in [0.29, 0.717) is 22.4 Å². The number of ether oxygens (including phenoxy) is 2. The normalized spacial score (nSPS) is 12.0. The number of aromatic nitrogens is 2. The molecule has 1 aromatic heterocycles. The van der Waals surface area contributed by atoms with E-state index < -0.39 is 17.2 Å². The Morgan fingerprint density at radius 1 is 1.07 bits per heavy atom. The number of para-hydroxylation sites is 1. The van der Waals surface area contributed by atoms with Crippen LogP contribution < -0.4 is 26.0 Å². The molecule has 0 fully saturated rings. The largest absolute Gasteiger partial charge is 0.493 e. The first-order chi connectivity index (χ1) is 14.3. The first-order valence-corrected chi connectivity index (χ1v) is 9.58. The van der Waals surface area contributed by atoms with Crippen molar-refractivity contribution >= 4 is 16.8 Å². The molecule has 3 rings (SSSR count). The fourth-order valence-corrected chi connectivity index (χ4v) is 3.39. The van der Waals surface area contributed by atoms with Crippen molar-refractivity contribution in [2.75, 3.05) is 14.2 Å². The highest BCUT2D eigenvalue weighted by Crippen LogP contribution is 2.32. The van der Waals surface area contributed by atoms with Gasteiger partial charge in [-0.2, -0.15) is 0 Å². The van der Waals surface area contributed by atoms with Crippen LogP contribution in [0.15, 0.2) is 52.1 Å². The Morgan fingerprint density at radius 3 is 2.43 bits per heavy atom. The summed E-state index contributed by atoms with van der Waals surface area (Å²) >= 11 is 0. The lowest BCUT2D eigenvalue weighted by Crippen LogP contribution is -2.42. The average Bonchev–Trinajstić information content (AvgIpc) is 2.74. The van der Waals surface area contributed by atoms with E-state index in [1.165, 1.54) is 0 Å². The van der Waals surface area contributed by atoms with E-state index in [4.69, 9.17) is 9.47 Å². The third-order valence-electron chi connectivity index (χ3n) is 4.94. The van der Waals surface area contributed by atoms with Gasteiger partial charge in [-0.25, -0.2) is 4.79 Å². The molecule has 0 radical (unpaired) electrons. The van der Waals surface area contributed by atoms with Gasteiger partial charge in [0, 0.05) is 0 Å². The van der Waals surface area contributed by atoms with Crippen LogP contribution in [0.2, 0.25) is 0 Å². The summed E-state index contributed by atoms with van der Waals surface area (Å²) in [6, 6.07) is 11.8. The number of carbonyl (C=O) groups excluding carboxylic acids is 1. The Labute approximate surface area is 173 Å². The number of H-pyrrole nitrogens is 1.